The lowest BCUT2D eigenvalue weighted by molar-refractivity contribution is 0.135. The van der Waals surface area contributed by atoms with Crippen LogP contribution in [-0.4, -0.2) is 48.6 Å². The minimum atomic E-state index is 0.0473. The fourth-order valence-corrected chi connectivity index (χ4v) is 2.67. The molecule has 2 amide bonds. The van der Waals surface area contributed by atoms with Crippen molar-refractivity contribution in [2.24, 2.45) is 0 Å². The summed E-state index contributed by atoms with van der Waals surface area (Å²) in [6, 6.07) is 5.78. The van der Waals surface area contributed by atoms with Crippen LogP contribution in [0.5, 0.6) is 0 Å². The van der Waals surface area contributed by atoms with Gasteiger partial charge in [0.1, 0.15) is 0 Å². The van der Waals surface area contributed by atoms with Gasteiger partial charge in [0, 0.05) is 39.3 Å². The van der Waals surface area contributed by atoms with Crippen LogP contribution in [0.4, 0.5) is 4.79 Å². The number of amides is 2. The Kier molecular flexibility index (Phi) is 6.15. The Labute approximate surface area is 136 Å². The van der Waals surface area contributed by atoms with Crippen LogP contribution >= 0.6 is 23.2 Å². The molecule has 0 aliphatic carbocycles. The summed E-state index contributed by atoms with van der Waals surface area (Å²) >= 11 is 12.0. The third-order valence-electron chi connectivity index (χ3n) is 3.58. The highest BCUT2D eigenvalue weighted by Crippen LogP contribution is 2.23. The van der Waals surface area contributed by atoms with Crippen LogP contribution in [0.3, 0.4) is 0 Å². The third-order valence-corrected chi connectivity index (χ3v) is 4.31. The minimum Gasteiger partial charge on any atom is -0.338 e. The first-order chi connectivity index (χ1) is 10.1. The van der Waals surface area contributed by atoms with Gasteiger partial charge >= 0.3 is 6.03 Å². The molecule has 0 radical (unpaired) electrons. The zero-order valence-electron chi connectivity index (χ0n) is 12.2. The van der Waals surface area contributed by atoms with Crippen LogP contribution in [0.15, 0.2) is 18.2 Å². The number of nitrogens with one attached hydrogen (secondary N) is 1. The molecule has 1 heterocycles. The van der Waals surface area contributed by atoms with E-state index in [-0.39, 0.29) is 6.03 Å². The van der Waals surface area contributed by atoms with E-state index in [4.69, 9.17) is 23.2 Å². The molecule has 0 aromatic heterocycles. The predicted octanol–water partition coefficient (Wildman–Crippen LogP) is 3.23. The van der Waals surface area contributed by atoms with Gasteiger partial charge in [-0.1, -0.05) is 36.2 Å². The summed E-state index contributed by atoms with van der Waals surface area (Å²) < 4.78 is 0. The summed E-state index contributed by atoms with van der Waals surface area (Å²) in [4.78, 5) is 16.1. The molecular weight excluding hydrogens is 309 g/mol. The molecular formula is C15H21Cl2N3O. The maximum atomic E-state index is 11.9. The normalized spacial score (nSPS) is 16.0. The Hall–Kier alpha value is -0.970. The number of rotatable bonds is 4. The second-order valence-electron chi connectivity index (χ2n) is 5.24. The van der Waals surface area contributed by atoms with Crippen LogP contribution in [0.2, 0.25) is 10.0 Å². The third kappa shape index (κ3) is 4.77. The van der Waals surface area contributed by atoms with Crippen molar-refractivity contribution in [3.8, 4) is 0 Å². The summed E-state index contributed by atoms with van der Waals surface area (Å²) in [5, 5.41) is 4.09. The molecule has 1 fully saturated rings. The highest BCUT2D eigenvalue weighted by Gasteiger charge is 2.20. The molecule has 21 heavy (non-hydrogen) atoms. The number of piperazine rings is 1. The zero-order chi connectivity index (χ0) is 15.2. The molecule has 1 saturated heterocycles. The number of halogens is 2. The molecule has 1 aliphatic heterocycles. The van der Waals surface area contributed by atoms with Crippen molar-refractivity contribution in [1.29, 1.82) is 0 Å². The Bertz CT molecular complexity index is 488. The maximum absolute atomic E-state index is 11.9. The second-order valence-corrected chi connectivity index (χ2v) is 6.06. The van der Waals surface area contributed by atoms with Gasteiger partial charge in [0.15, 0.2) is 0 Å². The standard InChI is InChI=1S/C15H21Cl2N3O/c1-2-5-18-15(21)20-8-6-19(7-9-20)11-12-3-4-13(16)14(17)10-12/h3-4,10H,2,5-9,11H2,1H3,(H,18,21). The molecule has 2 rings (SSSR count). The first-order valence-electron chi connectivity index (χ1n) is 7.29. The van der Waals surface area contributed by atoms with E-state index in [1.165, 1.54) is 0 Å². The molecule has 1 aliphatic rings. The summed E-state index contributed by atoms with van der Waals surface area (Å²) in [6.45, 7) is 6.90. The van der Waals surface area contributed by atoms with E-state index in [1.54, 1.807) is 0 Å². The molecule has 1 N–H and O–H groups in total. The first-order valence-corrected chi connectivity index (χ1v) is 8.05. The number of nitrogens with zero attached hydrogens (tertiary/aromatic N) is 2. The molecule has 1 aromatic carbocycles. The topological polar surface area (TPSA) is 35.6 Å². The highest BCUT2D eigenvalue weighted by molar-refractivity contribution is 6.42. The van der Waals surface area contributed by atoms with Gasteiger partial charge in [-0.15, -0.1) is 0 Å². The summed E-state index contributed by atoms with van der Waals surface area (Å²) in [6.07, 6.45) is 0.961. The fourth-order valence-electron chi connectivity index (χ4n) is 2.35. The first kappa shape index (κ1) is 16.4. The average Bonchev–Trinajstić information content (AvgIpc) is 2.49. The molecule has 0 bridgehead atoms. The van der Waals surface area contributed by atoms with E-state index in [1.807, 2.05) is 23.1 Å². The Morgan fingerprint density at radius 1 is 1.19 bits per heavy atom. The lowest BCUT2D eigenvalue weighted by Gasteiger charge is -2.34. The Morgan fingerprint density at radius 2 is 1.90 bits per heavy atom. The SMILES string of the molecule is CCCNC(=O)N1CCN(Cc2ccc(Cl)c(Cl)c2)CC1. The fraction of sp³-hybridized carbons (Fsp3) is 0.533. The van der Waals surface area contributed by atoms with Crippen molar-refractivity contribution in [2.75, 3.05) is 32.7 Å². The number of carbonyl (C=O) groups excluding carboxylic acids is 1. The molecule has 6 heteroatoms. The lowest BCUT2D eigenvalue weighted by Crippen LogP contribution is -2.51. The summed E-state index contributed by atoms with van der Waals surface area (Å²) in [5.74, 6) is 0. The number of hydrogen-bond donors (Lipinski definition) is 1. The van der Waals surface area contributed by atoms with Gasteiger partial charge in [-0.25, -0.2) is 4.79 Å². The highest BCUT2D eigenvalue weighted by atomic mass is 35.5. The summed E-state index contributed by atoms with van der Waals surface area (Å²) in [5.41, 5.74) is 1.15. The van der Waals surface area contributed by atoms with Crippen molar-refractivity contribution >= 4 is 29.2 Å². The van der Waals surface area contributed by atoms with Gasteiger partial charge in [-0.05, 0) is 24.1 Å². The van der Waals surface area contributed by atoms with E-state index in [0.717, 1.165) is 51.3 Å². The van der Waals surface area contributed by atoms with Gasteiger partial charge in [0.2, 0.25) is 0 Å². The molecule has 4 nitrogen and oxygen atoms in total. The van der Waals surface area contributed by atoms with Gasteiger partial charge in [-0.3, -0.25) is 4.90 Å². The number of urea groups is 1. The van der Waals surface area contributed by atoms with Crippen molar-refractivity contribution < 1.29 is 4.79 Å². The van der Waals surface area contributed by atoms with E-state index >= 15 is 0 Å². The van der Waals surface area contributed by atoms with Crippen LogP contribution in [-0.2, 0) is 6.54 Å². The van der Waals surface area contributed by atoms with Crippen LogP contribution in [0.1, 0.15) is 18.9 Å². The molecule has 0 atom stereocenters. The van der Waals surface area contributed by atoms with Gasteiger partial charge in [0.05, 0.1) is 10.0 Å². The minimum absolute atomic E-state index is 0.0473. The second kappa shape index (κ2) is 7.87. The molecule has 116 valence electrons. The van der Waals surface area contributed by atoms with Crippen molar-refractivity contribution in [3.63, 3.8) is 0 Å². The van der Waals surface area contributed by atoms with E-state index < -0.39 is 0 Å². The smallest absolute Gasteiger partial charge is 0.317 e. The van der Waals surface area contributed by atoms with Crippen molar-refractivity contribution in [3.05, 3.63) is 33.8 Å². The summed E-state index contributed by atoms with van der Waals surface area (Å²) in [7, 11) is 0. The molecule has 0 saturated carbocycles. The molecule has 1 aromatic rings. The van der Waals surface area contributed by atoms with Crippen LogP contribution < -0.4 is 5.32 Å². The van der Waals surface area contributed by atoms with E-state index in [0.29, 0.717) is 10.0 Å². The van der Waals surface area contributed by atoms with E-state index in [9.17, 15) is 4.79 Å². The number of hydrogen-bond acceptors (Lipinski definition) is 2. The molecule has 0 spiro atoms. The average molecular weight is 330 g/mol. The molecule has 0 unspecified atom stereocenters. The van der Waals surface area contributed by atoms with Gasteiger partial charge in [-0.2, -0.15) is 0 Å². The largest absolute Gasteiger partial charge is 0.338 e. The van der Waals surface area contributed by atoms with Gasteiger partial charge in [0.25, 0.3) is 0 Å². The van der Waals surface area contributed by atoms with Gasteiger partial charge < -0.3 is 10.2 Å². The quantitative estimate of drug-likeness (QED) is 0.920. The zero-order valence-corrected chi connectivity index (χ0v) is 13.8. The maximum Gasteiger partial charge on any atom is 0.317 e. The Balaban J connectivity index is 1.81. The van der Waals surface area contributed by atoms with Crippen LogP contribution in [0.25, 0.3) is 0 Å². The Morgan fingerprint density at radius 3 is 2.52 bits per heavy atom. The number of benzene rings is 1. The predicted molar refractivity (Wildman–Crippen MR) is 87.0 cm³/mol. The van der Waals surface area contributed by atoms with Crippen molar-refractivity contribution in [1.82, 2.24) is 15.1 Å². The van der Waals surface area contributed by atoms with Crippen LogP contribution in [0, 0.1) is 0 Å². The van der Waals surface area contributed by atoms with E-state index in [2.05, 4.69) is 17.1 Å². The van der Waals surface area contributed by atoms with Crippen molar-refractivity contribution in [2.45, 2.75) is 19.9 Å². The lowest BCUT2D eigenvalue weighted by atomic mass is 10.2. The number of carbonyl (C=O) groups is 1. The monoisotopic (exact) mass is 329 g/mol.